The summed E-state index contributed by atoms with van der Waals surface area (Å²) in [5.41, 5.74) is 5.66. The largest absolute Gasteiger partial charge is 0.478 e. The van der Waals surface area contributed by atoms with Crippen LogP contribution in [0.25, 0.3) is 0 Å². The molecule has 0 aliphatic carbocycles. The van der Waals surface area contributed by atoms with Crippen molar-refractivity contribution in [2.75, 3.05) is 23.3 Å². The Hall–Kier alpha value is -1.51. The molecule has 0 bridgehead atoms. The summed E-state index contributed by atoms with van der Waals surface area (Å²) in [5, 5.41) is 16.5. The quantitative estimate of drug-likeness (QED) is 0.577. The number of carbonyl (C=O) groups is 1. The average molecular weight is 294 g/mol. The van der Waals surface area contributed by atoms with Gasteiger partial charge < -0.3 is 16.2 Å². The summed E-state index contributed by atoms with van der Waals surface area (Å²) < 4.78 is 21.5. The molecule has 1 aromatic rings. The van der Waals surface area contributed by atoms with Crippen molar-refractivity contribution in [2.24, 2.45) is 5.14 Å². The van der Waals surface area contributed by atoms with E-state index in [-0.39, 0.29) is 34.3 Å². The van der Waals surface area contributed by atoms with Crippen LogP contribution < -0.4 is 16.2 Å². The maximum absolute atomic E-state index is 11.0. The van der Waals surface area contributed by atoms with Gasteiger partial charge in [-0.3, -0.25) is 0 Å². The fourth-order valence-electron chi connectivity index (χ4n) is 1.29. The maximum Gasteiger partial charge on any atom is 0.337 e. The average Bonchev–Trinajstić information content (AvgIpc) is 2.18. The number of carboxylic acids is 1. The van der Waals surface area contributed by atoms with Gasteiger partial charge in [-0.2, -0.15) is 0 Å². The van der Waals surface area contributed by atoms with Crippen molar-refractivity contribution in [3.05, 3.63) is 22.7 Å². The number of halogens is 1. The van der Waals surface area contributed by atoms with Gasteiger partial charge >= 0.3 is 5.97 Å². The van der Waals surface area contributed by atoms with E-state index in [4.69, 9.17) is 27.6 Å². The fraction of sp³-hybridized carbons (Fsp3) is 0.222. The Labute approximate surface area is 109 Å². The Morgan fingerprint density at radius 2 is 2.06 bits per heavy atom. The molecule has 0 aliphatic heterocycles. The second-order valence-electron chi connectivity index (χ2n) is 3.52. The number of aromatic carboxylic acids is 1. The number of rotatable bonds is 5. The maximum atomic E-state index is 11.0. The molecule has 0 unspecified atom stereocenters. The summed E-state index contributed by atoms with van der Waals surface area (Å²) in [5.74, 6) is -1.56. The molecule has 6 N–H and O–H groups in total. The predicted octanol–water partition coefficient (Wildman–Crippen LogP) is 0.321. The third kappa shape index (κ3) is 4.06. The topological polar surface area (TPSA) is 136 Å². The number of benzene rings is 1. The van der Waals surface area contributed by atoms with Crippen molar-refractivity contribution < 1.29 is 18.3 Å². The molecule has 1 rings (SSSR count). The first kappa shape index (κ1) is 14.6. The van der Waals surface area contributed by atoms with Crippen LogP contribution in [0.1, 0.15) is 10.4 Å². The van der Waals surface area contributed by atoms with Gasteiger partial charge in [-0.25, -0.2) is 18.4 Å². The number of nitrogen functional groups attached to an aromatic ring is 1. The zero-order chi connectivity index (χ0) is 13.9. The van der Waals surface area contributed by atoms with Crippen molar-refractivity contribution in [2.45, 2.75) is 0 Å². The molecule has 0 heterocycles. The summed E-state index contributed by atoms with van der Waals surface area (Å²) in [6, 6.07) is 2.60. The van der Waals surface area contributed by atoms with E-state index in [0.717, 1.165) is 0 Å². The van der Waals surface area contributed by atoms with E-state index in [1.807, 2.05) is 0 Å². The Bertz CT molecular complexity index is 573. The minimum atomic E-state index is -3.63. The molecule has 1 aromatic carbocycles. The molecule has 7 nitrogen and oxygen atoms in total. The highest BCUT2D eigenvalue weighted by atomic mass is 35.5. The van der Waals surface area contributed by atoms with Crippen molar-refractivity contribution in [1.29, 1.82) is 0 Å². The molecular formula is C9H12ClN3O4S. The van der Waals surface area contributed by atoms with Crippen LogP contribution in [0.3, 0.4) is 0 Å². The normalized spacial score (nSPS) is 11.2. The van der Waals surface area contributed by atoms with E-state index < -0.39 is 16.0 Å². The molecule has 0 spiro atoms. The molecule has 100 valence electrons. The summed E-state index contributed by atoms with van der Waals surface area (Å²) in [7, 11) is -3.63. The first-order valence-electron chi connectivity index (χ1n) is 4.77. The van der Waals surface area contributed by atoms with Crippen molar-refractivity contribution in [1.82, 2.24) is 0 Å². The molecule has 0 saturated heterocycles. The lowest BCUT2D eigenvalue weighted by molar-refractivity contribution is 0.0698. The first-order chi connectivity index (χ1) is 8.20. The smallest absolute Gasteiger partial charge is 0.337 e. The van der Waals surface area contributed by atoms with E-state index in [2.05, 4.69) is 5.32 Å². The molecule has 0 saturated carbocycles. The van der Waals surface area contributed by atoms with Gasteiger partial charge in [0.1, 0.15) is 0 Å². The SMILES string of the molecule is Nc1cc(Cl)c(NCCS(N)(=O)=O)c(C(=O)O)c1. The second kappa shape index (κ2) is 5.42. The number of nitrogens with two attached hydrogens (primary N) is 2. The van der Waals surface area contributed by atoms with Crippen LogP contribution in [0, 0.1) is 0 Å². The first-order valence-corrected chi connectivity index (χ1v) is 6.86. The van der Waals surface area contributed by atoms with Crippen molar-refractivity contribution in [3.63, 3.8) is 0 Å². The van der Waals surface area contributed by atoms with Gasteiger partial charge in [0.05, 0.1) is 22.0 Å². The van der Waals surface area contributed by atoms with Crippen LogP contribution in [-0.2, 0) is 10.0 Å². The van der Waals surface area contributed by atoms with Crippen LogP contribution in [0.2, 0.25) is 5.02 Å². The number of hydrogen-bond donors (Lipinski definition) is 4. The lowest BCUT2D eigenvalue weighted by Crippen LogP contribution is -2.23. The van der Waals surface area contributed by atoms with Gasteiger partial charge in [0.15, 0.2) is 0 Å². The molecular weight excluding hydrogens is 282 g/mol. The van der Waals surface area contributed by atoms with Crippen molar-refractivity contribution in [3.8, 4) is 0 Å². The lowest BCUT2D eigenvalue weighted by Gasteiger charge is -2.12. The molecule has 0 atom stereocenters. The number of nitrogens with one attached hydrogen (secondary N) is 1. The third-order valence-electron chi connectivity index (χ3n) is 2.03. The molecule has 0 aromatic heterocycles. The van der Waals surface area contributed by atoms with Gasteiger partial charge in [0.25, 0.3) is 0 Å². The fourth-order valence-corrected chi connectivity index (χ4v) is 1.98. The van der Waals surface area contributed by atoms with Crippen molar-refractivity contribution >= 4 is 39.0 Å². The summed E-state index contributed by atoms with van der Waals surface area (Å²) >= 11 is 5.84. The minimum absolute atomic E-state index is 0.0528. The van der Waals surface area contributed by atoms with Gasteiger partial charge in [-0.1, -0.05) is 11.6 Å². The highest BCUT2D eigenvalue weighted by Crippen LogP contribution is 2.29. The molecule has 0 radical (unpaired) electrons. The predicted molar refractivity (Wildman–Crippen MR) is 69.3 cm³/mol. The summed E-state index contributed by atoms with van der Waals surface area (Å²) in [4.78, 5) is 11.0. The number of anilines is 2. The van der Waals surface area contributed by atoms with Crippen LogP contribution in [0.15, 0.2) is 12.1 Å². The Balaban J connectivity index is 2.97. The molecule has 18 heavy (non-hydrogen) atoms. The van der Waals surface area contributed by atoms with Crippen LogP contribution in [0.4, 0.5) is 11.4 Å². The van der Waals surface area contributed by atoms with E-state index in [9.17, 15) is 13.2 Å². The van der Waals surface area contributed by atoms with E-state index in [0.29, 0.717) is 0 Å². The summed E-state index contributed by atoms with van der Waals surface area (Å²) in [6.07, 6.45) is 0. The van der Waals surface area contributed by atoms with Crippen LogP contribution >= 0.6 is 11.6 Å². The molecule has 0 amide bonds. The van der Waals surface area contributed by atoms with Crippen LogP contribution in [-0.4, -0.2) is 31.8 Å². The van der Waals surface area contributed by atoms with Crippen LogP contribution in [0.5, 0.6) is 0 Å². The number of sulfonamides is 1. The van der Waals surface area contributed by atoms with Gasteiger partial charge in [-0.15, -0.1) is 0 Å². The third-order valence-corrected chi connectivity index (χ3v) is 3.10. The molecule has 9 heteroatoms. The highest BCUT2D eigenvalue weighted by Gasteiger charge is 2.15. The van der Waals surface area contributed by atoms with E-state index in [1.165, 1.54) is 12.1 Å². The Kier molecular flexibility index (Phi) is 4.38. The molecule has 0 aliphatic rings. The monoisotopic (exact) mass is 293 g/mol. The number of hydrogen-bond acceptors (Lipinski definition) is 5. The number of primary sulfonamides is 1. The van der Waals surface area contributed by atoms with Gasteiger partial charge in [0, 0.05) is 12.2 Å². The zero-order valence-electron chi connectivity index (χ0n) is 9.18. The van der Waals surface area contributed by atoms with Gasteiger partial charge in [-0.05, 0) is 12.1 Å². The minimum Gasteiger partial charge on any atom is -0.478 e. The van der Waals surface area contributed by atoms with E-state index in [1.54, 1.807) is 0 Å². The summed E-state index contributed by atoms with van der Waals surface area (Å²) in [6.45, 7) is -0.0528. The Morgan fingerprint density at radius 3 is 2.56 bits per heavy atom. The second-order valence-corrected chi connectivity index (χ2v) is 5.67. The highest BCUT2D eigenvalue weighted by molar-refractivity contribution is 7.89. The van der Waals surface area contributed by atoms with E-state index >= 15 is 0 Å². The number of carboxylic acid groups (broad SMARTS) is 1. The van der Waals surface area contributed by atoms with Gasteiger partial charge in [0.2, 0.25) is 10.0 Å². The Morgan fingerprint density at radius 1 is 1.44 bits per heavy atom. The molecule has 0 fully saturated rings. The standard InChI is InChI=1S/C9H12ClN3O4S/c10-7-4-5(11)3-6(9(14)15)8(7)13-1-2-18(12,16)17/h3-4,13H,1-2,11H2,(H,14,15)(H2,12,16,17). The zero-order valence-corrected chi connectivity index (χ0v) is 10.8. The lowest BCUT2D eigenvalue weighted by atomic mass is 10.1.